The van der Waals surface area contributed by atoms with Crippen LogP contribution in [0.4, 0.5) is 11.6 Å². The third kappa shape index (κ3) is 4.77. The van der Waals surface area contributed by atoms with Crippen molar-refractivity contribution in [1.82, 2.24) is 14.9 Å². The Bertz CT molecular complexity index is 454. The highest BCUT2D eigenvalue weighted by atomic mass is 32.2. The summed E-state index contributed by atoms with van der Waals surface area (Å²) in [5.74, 6) is 1.76. The van der Waals surface area contributed by atoms with Crippen molar-refractivity contribution in [2.24, 2.45) is 0 Å². The van der Waals surface area contributed by atoms with Crippen molar-refractivity contribution in [3.8, 4) is 0 Å². The Kier molecular flexibility index (Phi) is 6.10. The van der Waals surface area contributed by atoms with Crippen molar-refractivity contribution < 1.29 is 4.79 Å². The van der Waals surface area contributed by atoms with Gasteiger partial charge in [-0.2, -0.15) is 0 Å². The molecular formula is C14H23N5OS. The first-order valence-corrected chi connectivity index (χ1v) is 8.58. The summed E-state index contributed by atoms with van der Waals surface area (Å²) < 4.78 is 0. The molecule has 6 nitrogen and oxygen atoms in total. The molecule has 0 aromatic carbocycles. The Morgan fingerprint density at radius 1 is 1.29 bits per heavy atom. The quantitative estimate of drug-likeness (QED) is 0.619. The Morgan fingerprint density at radius 3 is 2.67 bits per heavy atom. The largest absolute Gasteiger partial charge is 0.373 e. The standard InChI is InChI=1S/C14H23N5OS/c1-15-11-10-12(18-14(17-11)21-2)16-7-6-13(20)19-8-4-3-5-9-19/h10H,3-9H2,1-2H3,(H2,15,16,17,18). The topological polar surface area (TPSA) is 70.2 Å². The number of rotatable bonds is 6. The number of aromatic nitrogens is 2. The molecule has 7 heteroatoms. The molecule has 0 bridgehead atoms. The Hall–Kier alpha value is -1.50. The van der Waals surface area contributed by atoms with Crippen LogP contribution in [0.5, 0.6) is 0 Å². The zero-order valence-corrected chi connectivity index (χ0v) is 13.5. The van der Waals surface area contributed by atoms with E-state index in [1.165, 1.54) is 18.2 Å². The Balaban J connectivity index is 1.83. The molecule has 1 aliphatic heterocycles. The van der Waals surface area contributed by atoms with Gasteiger partial charge in [0.15, 0.2) is 5.16 Å². The summed E-state index contributed by atoms with van der Waals surface area (Å²) in [7, 11) is 1.83. The van der Waals surface area contributed by atoms with Gasteiger partial charge in [-0.15, -0.1) is 0 Å². The van der Waals surface area contributed by atoms with E-state index in [2.05, 4.69) is 20.6 Å². The number of hydrogen-bond donors (Lipinski definition) is 2. The fourth-order valence-corrected chi connectivity index (χ4v) is 2.71. The normalized spacial score (nSPS) is 14.9. The van der Waals surface area contributed by atoms with Crippen LogP contribution in [0.3, 0.4) is 0 Å². The molecule has 1 amide bonds. The minimum absolute atomic E-state index is 0.232. The highest BCUT2D eigenvalue weighted by Crippen LogP contribution is 2.17. The minimum atomic E-state index is 0.232. The minimum Gasteiger partial charge on any atom is -0.373 e. The summed E-state index contributed by atoms with van der Waals surface area (Å²) >= 11 is 1.50. The number of piperidine rings is 1. The van der Waals surface area contributed by atoms with Crippen LogP contribution in [0.2, 0.25) is 0 Å². The predicted octanol–water partition coefficient (Wildman–Crippen LogP) is 2.05. The molecule has 1 fully saturated rings. The van der Waals surface area contributed by atoms with E-state index >= 15 is 0 Å². The highest BCUT2D eigenvalue weighted by Gasteiger charge is 2.15. The summed E-state index contributed by atoms with van der Waals surface area (Å²) in [5.41, 5.74) is 0. The van der Waals surface area contributed by atoms with Gasteiger partial charge < -0.3 is 15.5 Å². The van der Waals surface area contributed by atoms with Crippen LogP contribution >= 0.6 is 11.8 Å². The maximum Gasteiger partial charge on any atom is 0.224 e. The average Bonchev–Trinajstić information content (AvgIpc) is 2.55. The fourth-order valence-electron chi connectivity index (χ4n) is 2.33. The first-order chi connectivity index (χ1) is 10.2. The van der Waals surface area contributed by atoms with E-state index in [1.807, 2.05) is 24.3 Å². The van der Waals surface area contributed by atoms with E-state index in [-0.39, 0.29) is 5.91 Å². The number of carbonyl (C=O) groups excluding carboxylic acids is 1. The number of anilines is 2. The molecule has 1 aliphatic rings. The smallest absolute Gasteiger partial charge is 0.224 e. The molecule has 1 saturated heterocycles. The highest BCUT2D eigenvalue weighted by molar-refractivity contribution is 7.98. The number of nitrogens with zero attached hydrogens (tertiary/aromatic N) is 3. The van der Waals surface area contributed by atoms with E-state index < -0.39 is 0 Å². The zero-order chi connectivity index (χ0) is 15.1. The van der Waals surface area contributed by atoms with Gasteiger partial charge in [0, 0.05) is 39.2 Å². The maximum absolute atomic E-state index is 12.1. The molecule has 1 aromatic rings. The van der Waals surface area contributed by atoms with Crippen molar-refractivity contribution in [2.75, 3.05) is 43.6 Å². The molecule has 0 atom stereocenters. The molecule has 0 spiro atoms. The van der Waals surface area contributed by atoms with Crippen LogP contribution in [0.25, 0.3) is 0 Å². The molecule has 116 valence electrons. The Labute approximate surface area is 130 Å². The van der Waals surface area contributed by atoms with Crippen molar-refractivity contribution in [1.29, 1.82) is 0 Å². The molecule has 21 heavy (non-hydrogen) atoms. The van der Waals surface area contributed by atoms with E-state index in [0.717, 1.165) is 37.6 Å². The van der Waals surface area contributed by atoms with Gasteiger partial charge >= 0.3 is 0 Å². The molecule has 0 unspecified atom stereocenters. The summed E-state index contributed by atoms with van der Waals surface area (Å²) in [6, 6.07) is 1.85. The molecule has 1 aromatic heterocycles. The van der Waals surface area contributed by atoms with Crippen molar-refractivity contribution >= 4 is 29.3 Å². The van der Waals surface area contributed by atoms with Gasteiger partial charge in [0.1, 0.15) is 11.6 Å². The van der Waals surface area contributed by atoms with Crippen molar-refractivity contribution in [3.63, 3.8) is 0 Å². The van der Waals surface area contributed by atoms with Crippen LogP contribution in [0, 0.1) is 0 Å². The monoisotopic (exact) mass is 309 g/mol. The molecule has 0 radical (unpaired) electrons. The maximum atomic E-state index is 12.1. The van der Waals surface area contributed by atoms with Gasteiger partial charge in [0.25, 0.3) is 0 Å². The lowest BCUT2D eigenvalue weighted by Crippen LogP contribution is -2.36. The summed E-state index contributed by atoms with van der Waals surface area (Å²) in [6.07, 6.45) is 5.96. The van der Waals surface area contributed by atoms with Crippen LogP contribution in [0.1, 0.15) is 25.7 Å². The lowest BCUT2D eigenvalue weighted by atomic mass is 10.1. The lowest BCUT2D eigenvalue weighted by Gasteiger charge is -2.26. The number of amides is 1. The van der Waals surface area contributed by atoms with E-state index in [0.29, 0.717) is 18.1 Å². The van der Waals surface area contributed by atoms with E-state index in [4.69, 9.17) is 0 Å². The molecule has 0 saturated carbocycles. The number of thioether (sulfide) groups is 1. The first kappa shape index (κ1) is 15.9. The van der Waals surface area contributed by atoms with Gasteiger partial charge in [-0.1, -0.05) is 11.8 Å². The Morgan fingerprint density at radius 2 is 2.00 bits per heavy atom. The van der Waals surface area contributed by atoms with Gasteiger partial charge in [-0.25, -0.2) is 9.97 Å². The number of likely N-dealkylation sites (tertiary alicyclic amines) is 1. The van der Waals surface area contributed by atoms with Crippen LogP contribution in [0.15, 0.2) is 11.2 Å². The van der Waals surface area contributed by atoms with Gasteiger partial charge in [0.2, 0.25) is 5.91 Å². The second kappa shape index (κ2) is 8.07. The van der Waals surface area contributed by atoms with Gasteiger partial charge in [0.05, 0.1) is 0 Å². The third-order valence-electron chi connectivity index (χ3n) is 3.50. The fraction of sp³-hybridized carbons (Fsp3) is 0.643. The van der Waals surface area contributed by atoms with Crippen LogP contribution in [-0.4, -0.2) is 53.7 Å². The summed E-state index contributed by atoms with van der Waals surface area (Å²) in [5, 5.41) is 6.94. The average molecular weight is 309 g/mol. The summed E-state index contributed by atoms with van der Waals surface area (Å²) in [4.78, 5) is 22.7. The summed E-state index contributed by atoms with van der Waals surface area (Å²) in [6.45, 7) is 2.42. The number of carbonyl (C=O) groups is 1. The first-order valence-electron chi connectivity index (χ1n) is 7.35. The van der Waals surface area contributed by atoms with Crippen LogP contribution < -0.4 is 10.6 Å². The van der Waals surface area contributed by atoms with Crippen molar-refractivity contribution in [2.45, 2.75) is 30.8 Å². The second-order valence-corrected chi connectivity index (χ2v) is 5.77. The lowest BCUT2D eigenvalue weighted by molar-refractivity contribution is -0.131. The molecule has 2 rings (SSSR count). The molecule has 0 aliphatic carbocycles. The number of nitrogens with one attached hydrogen (secondary N) is 2. The molecule has 2 N–H and O–H groups in total. The SMILES string of the molecule is CNc1cc(NCCC(=O)N2CCCCC2)nc(SC)n1. The van der Waals surface area contributed by atoms with Crippen LogP contribution in [-0.2, 0) is 4.79 Å². The number of hydrogen-bond acceptors (Lipinski definition) is 6. The van der Waals surface area contributed by atoms with Gasteiger partial charge in [-0.3, -0.25) is 4.79 Å². The zero-order valence-electron chi connectivity index (χ0n) is 12.7. The van der Waals surface area contributed by atoms with E-state index in [1.54, 1.807) is 0 Å². The molecule has 2 heterocycles. The molecular weight excluding hydrogens is 286 g/mol. The van der Waals surface area contributed by atoms with Crippen molar-refractivity contribution in [3.05, 3.63) is 6.07 Å². The predicted molar refractivity (Wildman–Crippen MR) is 86.9 cm³/mol. The van der Waals surface area contributed by atoms with E-state index in [9.17, 15) is 4.79 Å². The van der Waals surface area contributed by atoms with Gasteiger partial charge in [-0.05, 0) is 25.5 Å². The third-order valence-corrected chi connectivity index (χ3v) is 4.05. The second-order valence-electron chi connectivity index (χ2n) is 4.99.